The maximum atomic E-state index is 10.9. The number of hydrogen-bond acceptors (Lipinski definition) is 7. The Morgan fingerprint density at radius 3 is 2.48 bits per heavy atom. The van der Waals surface area contributed by atoms with Crippen LogP contribution in [-0.2, 0) is 0 Å². The molecule has 0 spiro atoms. The fraction of sp³-hybridized carbons (Fsp3) is 0.400. The fourth-order valence-corrected chi connectivity index (χ4v) is 1.78. The predicted octanol–water partition coefficient (Wildman–Crippen LogP) is 3.07. The molecule has 1 aromatic carbocycles. The zero-order valence-corrected chi connectivity index (χ0v) is 13.8. The van der Waals surface area contributed by atoms with Crippen molar-refractivity contribution in [2.45, 2.75) is 26.7 Å². The highest BCUT2D eigenvalue weighted by Crippen LogP contribution is 2.28. The Kier molecular flexibility index (Phi) is 4.73. The molecule has 122 valence electrons. The molecule has 0 unspecified atom stereocenters. The number of nitrogens with zero attached hydrogens (tertiary/aromatic N) is 5. The van der Waals surface area contributed by atoms with Gasteiger partial charge in [-0.1, -0.05) is 13.8 Å². The second-order valence-electron chi connectivity index (χ2n) is 5.63. The molecule has 0 bridgehead atoms. The molecule has 0 atom stereocenters. The van der Waals surface area contributed by atoms with Crippen molar-refractivity contribution in [3.63, 3.8) is 0 Å². The van der Waals surface area contributed by atoms with Crippen LogP contribution >= 0.6 is 0 Å². The minimum Gasteiger partial charge on any atom is -0.424 e. The first-order valence-corrected chi connectivity index (χ1v) is 7.14. The van der Waals surface area contributed by atoms with Crippen LogP contribution in [0.5, 0.6) is 11.8 Å². The van der Waals surface area contributed by atoms with E-state index in [0.717, 1.165) is 5.56 Å². The number of hydrogen-bond donors (Lipinski definition) is 0. The van der Waals surface area contributed by atoms with E-state index in [9.17, 15) is 10.1 Å². The molecule has 8 heteroatoms. The van der Waals surface area contributed by atoms with Gasteiger partial charge in [-0.2, -0.15) is 15.0 Å². The molecule has 2 aromatic rings. The maximum Gasteiger partial charge on any atom is 0.327 e. The third-order valence-electron chi connectivity index (χ3n) is 3.12. The van der Waals surface area contributed by atoms with Crippen molar-refractivity contribution in [2.75, 3.05) is 19.0 Å². The first kappa shape index (κ1) is 16.6. The summed E-state index contributed by atoms with van der Waals surface area (Å²) in [5, 5.41) is 10.9. The monoisotopic (exact) mass is 317 g/mol. The minimum atomic E-state index is -0.468. The van der Waals surface area contributed by atoms with E-state index < -0.39 is 4.92 Å². The van der Waals surface area contributed by atoms with Crippen molar-refractivity contribution in [1.82, 2.24) is 15.0 Å². The Morgan fingerprint density at radius 2 is 1.91 bits per heavy atom. The molecule has 23 heavy (non-hydrogen) atoms. The lowest BCUT2D eigenvalue weighted by Gasteiger charge is -2.14. The van der Waals surface area contributed by atoms with Crippen molar-refractivity contribution in [3.05, 3.63) is 39.7 Å². The lowest BCUT2D eigenvalue weighted by molar-refractivity contribution is -0.384. The smallest absolute Gasteiger partial charge is 0.327 e. The van der Waals surface area contributed by atoms with Gasteiger partial charge in [-0.25, -0.2) is 0 Å². The third-order valence-corrected chi connectivity index (χ3v) is 3.12. The van der Waals surface area contributed by atoms with E-state index in [1.54, 1.807) is 17.9 Å². The van der Waals surface area contributed by atoms with Crippen LogP contribution < -0.4 is 9.64 Å². The number of aromatic nitrogens is 3. The molecule has 1 aromatic heterocycles. The Bertz CT molecular complexity index is 705. The molecule has 8 nitrogen and oxygen atoms in total. The first-order valence-electron chi connectivity index (χ1n) is 7.14. The highest BCUT2D eigenvalue weighted by atomic mass is 16.6. The summed E-state index contributed by atoms with van der Waals surface area (Å²) >= 11 is 0. The van der Waals surface area contributed by atoms with Crippen LogP contribution in [0.15, 0.2) is 18.2 Å². The van der Waals surface area contributed by atoms with E-state index in [1.165, 1.54) is 12.1 Å². The Labute approximate surface area is 134 Å². The topological polar surface area (TPSA) is 94.3 Å². The number of non-ortho nitro benzene ring substituents is 1. The summed E-state index contributed by atoms with van der Waals surface area (Å²) in [6.07, 6.45) is 0. The van der Waals surface area contributed by atoms with Gasteiger partial charge in [0.05, 0.1) is 11.0 Å². The SMILES string of the molecule is Cc1ccc([N+](=O)[O-])cc1Oc1nc(C(C)C)nc(N(C)C)n1. The normalized spacial score (nSPS) is 10.7. The molecule has 2 rings (SSSR count). The second-order valence-corrected chi connectivity index (χ2v) is 5.63. The molecular weight excluding hydrogens is 298 g/mol. The quantitative estimate of drug-likeness (QED) is 0.617. The Morgan fingerprint density at radius 1 is 1.22 bits per heavy atom. The molecule has 0 aliphatic rings. The number of nitro benzene ring substituents is 1. The number of benzene rings is 1. The Balaban J connectivity index is 2.43. The molecule has 0 amide bonds. The molecule has 0 N–H and O–H groups in total. The first-order chi connectivity index (χ1) is 10.8. The van der Waals surface area contributed by atoms with E-state index in [0.29, 0.717) is 17.5 Å². The van der Waals surface area contributed by atoms with Crippen LogP contribution in [0.2, 0.25) is 0 Å². The van der Waals surface area contributed by atoms with E-state index in [1.807, 2.05) is 27.9 Å². The fourth-order valence-electron chi connectivity index (χ4n) is 1.78. The van der Waals surface area contributed by atoms with Gasteiger partial charge in [-0.15, -0.1) is 0 Å². The summed E-state index contributed by atoms with van der Waals surface area (Å²) in [7, 11) is 3.64. The number of aryl methyl sites for hydroxylation is 1. The van der Waals surface area contributed by atoms with Gasteiger partial charge in [0.25, 0.3) is 5.69 Å². The van der Waals surface area contributed by atoms with Gasteiger partial charge < -0.3 is 9.64 Å². The van der Waals surface area contributed by atoms with Crippen molar-refractivity contribution in [2.24, 2.45) is 0 Å². The second kappa shape index (κ2) is 6.55. The number of rotatable bonds is 5. The average Bonchev–Trinajstić information content (AvgIpc) is 2.48. The van der Waals surface area contributed by atoms with E-state index in [2.05, 4.69) is 15.0 Å². The van der Waals surface area contributed by atoms with Crippen LogP contribution in [0.3, 0.4) is 0 Å². The zero-order chi connectivity index (χ0) is 17.1. The lowest BCUT2D eigenvalue weighted by atomic mass is 10.2. The highest BCUT2D eigenvalue weighted by Gasteiger charge is 2.15. The van der Waals surface area contributed by atoms with Gasteiger partial charge in [-0.05, 0) is 18.6 Å². The van der Waals surface area contributed by atoms with Crippen molar-refractivity contribution in [3.8, 4) is 11.8 Å². The number of nitro groups is 1. The predicted molar refractivity (Wildman–Crippen MR) is 86.2 cm³/mol. The van der Waals surface area contributed by atoms with Crippen LogP contribution in [0, 0.1) is 17.0 Å². The van der Waals surface area contributed by atoms with Crippen LogP contribution in [0.4, 0.5) is 11.6 Å². The largest absolute Gasteiger partial charge is 0.424 e. The molecule has 0 saturated heterocycles. The summed E-state index contributed by atoms with van der Waals surface area (Å²) in [5.41, 5.74) is 0.713. The number of anilines is 1. The molecule has 0 aliphatic heterocycles. The van der Waals surface area contributed by atoms with Gasteiger partial charge >= 0.3 is 6.01 Å². The lowest BCUT2D eigenvalue weighted by Crippen LogP contribution is -2.15. The minimum absolute atomic E-state index is 0.0448. The van der Waals surface area contributed by atoms with Crippen molar-refractivity contribution < 1.29 is 9.66 Å². The molecular formula is C15H19N5O3. The van der Waals surface area contributed by atoms with Gasteiger partial charge in [-0.3, -0.25) is 10.1 Å². The van der Waals surface area contributed by atoms with Crippen molar-refractivity contribution in [1.29, 1.82) is 0 Å². The van der Waals surface area contributed by atoms with Crippen LogP contribution in [0.25, 0.3) is 0 Å². The van der Waals surface area contributed by atoms with E-state index >= 15 is 0 Å². The average molecular weight is 317 g/mol. The van der Waals surface area contributed by atoms with Gasteiger partial charge in [0.1, 0.15) is 11.6 Å². The third kappa shape index (κ3) is 3.91. The van der Waals surface area contributed by atoms with E-state index in [-0.39, 0.29) is 17.6 Å². The highest BCUT2D eigenvalue weighted by molar-refractivity contribution is 5.45. The zero-order valence-electron chi connectivity index (χ0n) is 13.8. The summed E-state index contributed by atoms with van der Waals surface area (Å²) < 4.78 is 5.69. The summed E-state index contributed by atoms with van der Waals surface area (Å²) in [5.74, 6) is 1.53. The molecule has 1 heterocycles. The standard InChI is InChI=1S/C15H19N5O3/c1-9(2)13-16-14(19(4)5)18-15(17-13)23-12-8-11(20(21)22)7-6-10(12)3/h6-9H,1-5H3. The van der Waals surface area contributed by atoms with Gasteiger partial charge in [0.2, 0.25) is 5.95 Å². The maximum absolute atomic E-state index is 10.9. The number of ether oxygens (including phenoxy) is 1. The van der Waals surface area contributed by atoms with Crippen LogP contribution in [0.1, 0.15) is 31.2 Å². The van der Waals surface area contributed by atoms with Crippen LogP contribution in [-0.4, -0.2) is 34.0 Å². The van der Waals surface area contributed by atoms with E-state index in [4.69, 9.17) is 4.74 Å². The van der Waals surface area contributed by atoms with Crippen molar-refractivity contribution >= 4 is 11.6 Å². The summed E-state index contributed by atoms with van der Waals surface area (Å²) in [4.78, 5) is 25.1. The summed E-state index contributed by atoms with van der Waals surface area (Å²) in [6, 6.07) is 4.55. The molecule has 0 aliphatic carbocycles. The Hall–Kier alpha value is -2.77. The van der Waals surface area contributed by atoms with Gasteiger partial charge in [0, 0.05) is 26.1 Å². The molecule has 0 radical (unpaired) electrons. The summed E-state index contributed by atoms with van der Waals surface area (Å²) in [6.45, 7) is 5.74. The molecule has 0 saturated carbocycles. The van der Waals surface area contributed by atoms with Gasteiger partial charge in [0.15, 0.2) is 0 Å². The molecule has 0 fully saturated rings.